The maximum absolute atomic E-state index is 12.5. The lowest BCUT2D eigenvalue weighted by molar-refractivity contribution is 0.0977. The molecule has 0 saturated carbocycles. The number of hydrogen-bond acceptors (Lipinski definition) is 5. The molecule has 0 aliphatic heterocycles. The largest absolute Gasteiger partial charge is 0.496 e. The third kappa shape index (κ3) is 5.29. The molecule has 1 unspecified atom stereocenters. The van der Waals surface area contributed by atoms with Crippen LogP contribution in [0.15, 0.2) is 69.6 Å². The monoisotopic (exact) mass is 537 g/mol. The van der Waals surface area contributed by atoms with Crippen molar-refractivity contribution in [3.05, 3.63) is 76.3 Å². The van der Waals surface area contributed by atoms with Crippen LogP contribution in [-0.4, -0.2) is 23.1 Å². The molecule has 0 fully saturated rings. The Labute approximate surface area is 211 Å². The molecule has 8 heteroatoms. The summed E-state index contributed by atoms with van der Waals surface area (Å²) in [6.07, 6.45) is 1.07. The lowest BCUT2D eigenvalue weighted by Gasteiger charge is -2.11. The van der Waals surface area contributed by atoms with Gasteiger partial charge in [0.05, 0.1) is 11.6 Å². The van der Waals surface area contributed by atoms with E-state index >= 15 is 0 Å². The van der Waals surface area contributed by atoms with Gasteiger partial charge < -0.3 is 14.5 Å². The van der Waals surface area contributed by atoms with Crippen LogP contribution in [0.3, 0.4) is 0 Å². The van der Waals surface area contributed by atoms with Gasteiger partial charge in [-0.2, -0.15) is 0 Å². The van der Waals surface area contributed by atoms with E-state index < -0.39 is 0 Å². The van der Waals surface area contributed by atoms with Crippen LogP contribution in [0.25, 0.3) is 22.6 Å². The minimum absolute atomic E-state index is 0.198. The highest BCUT2D eigenvalue weighted by Crippen LogP contribution is 2.29. The quantitative estimate of drug-likeness (QED) is 0.260. The van der Waals surface area contributed by atoms with Gasteiger partial charge in [-0.15, -0.1) is 0 Å². The molecule has 34 heavy (non-hydrogen) atoms. The number of rotatable bonds is 6. The van der Waals surface area contributed by atoms with Gasteiger partial charge >= 0.3 is 0 Å². The highest BCUT2D eigenvalue weighted by molar-refractivity contribution is 9.10. The average molecular weight is 538 g/mol. The molecule has 0 radical (unpaired) electrons. The molecule has 1 atom stereocenters. The lowest BCUT2D eigenvalue weighted by Crippen LogP contribution is -2.34. The van der Waals surface area contributed by atoms with Gasteiger partial charge in [0.15, 0.2) is 10.7 Å². The molecule has 0 spiro atoms. The fraction of sp³-hybridized carbons (Fsp3) is 0.192. The number of benzene rings is 3. The maximum atomic E-state index is 12.5. The van der Waals surface area contributed by atoms with Gasteiger partial charge in [0.2, 0.25) is 5.89 Å². The Morgan fingerprint density at radius 3 is 2.59 bits per heavy atom. The molecule has 3 aromatic carbocycles. The van der Waals surface area contributed by atoms with Crippen molar-refractivity contribution in [2.45, 2.75) is 26.2 Å². The normalized spacial score (nSPS) is 11.8. The lowest BCUT2D eigenvalue weighted by atomic mass is 9.98. The Balaban J connectivity index is 1.42. The van der Waals surface area contributed by atoms with Crippen LogP contribution >= 0.6 is 28.1 Å². The van der Waals surface area contributed by atoms with Crippen molar-refractivity contribution in [2.75, 3.05) is 12.4 Å². The van der Waals surface area contributed by atoms with Gasteiger partial charge in [-0.1, -0.05) is 19.9 Å². The summed E-state index contributed by atoms with van der Waals surface area (Å²) >= 11 is 8.68. The number of hydrogen-bond donors (Lipinski definition) is 2. The second-order valence-corrected chi connectivity index (χ2v) is 9.15. The fourth-order valence-electron chi connectivity index (χ4n) is 3.45. The second-order valence-electron chi connectivity index (χ2n) is 7.89. The zero-order chi connectivity index (χ0) is 24.2. The highest BCUT2D eigenvalue weighted by Gasteiger charge is 2.13. The van der Waals surface area contributed by atoms with Crippen molar-refractivity contribution in [3.8, 4) is 17.2 Å². The van der Waals surface area contributed by atoms with Crippen LogP contribution in [0, 0.1) is 0 Å². The standard InChI is InChI=1S/C26H24BrN3O3S/c1-4-15(2)17-7-12-23-21(14-17)29-25(33-23)16-5-9-19(10-6-16)28-26(34)30-24(31)18-8-11-22(32-3)20(27)13-18/h5-15H,4H2,1-3H3,(H2,28,30,31,34). The average Bonchev–Trinajstić information content (AvgIpc) is 3.27. The number of nitrogens with one attached hydrogen (secondary N) is 2. The van der Waals surface area contributed by atoms with Crippen LogP contribution < -0.4 is 15.4 Å². The molecular formula is C26H24BrN3O3S. The number of fused-ring (bicyclic) bond motifs is 1. The first-order chi connectivity index (χ1) is 16.4. The first kappa shape index (κ1) is 23.9. The van der Waals surface area contributed by atoms with Crippen molar-refractivity contribution in [2.24, 2.45) is 0 Å². The number of thiocarbonyl (C=S) groups is 1. The van der Waals surface area contributed by atoms with Crippen molar-refractivity contribution >= 4 is 56.0 Å². The first-order valence-corrected chi connectivity index (χ1v) is 12.0. The van der Waals surface area contributed by atoms with E-state index in [1.807, 2.05) is 30.3 Å². The van der Waals surface area contributed by atoms with Gasteiger partial charge in [0.1, 0.15) is 11.3 Å². The molecule has 174 valence electrons. The van der Waals surface area contributed by atoms with E-state index in [1.165, 1.54) is 5.56 Å². The number of anilines is 1. The van der Waals surface area contributed by atoms with E-state index in [-0.39, 0.29) is 11.0 Å². The molecule has 0 aliphatic carbocycles. The number of amides is 1. The van der Waals surface area contributed by atoms with E-state index in [0.29, 0.717) is 27.6 Å². The summed E-state index contributed by atoms with van der Waals surface area (Å²) < 4.78 is 11.8. The van der Waals surface area contributed by atoms with Crippen molar-refractivity contribution in [3.63, 3.8) is 0 Å². The Morgan fingerprint density at radius 2 is 1.91 bits per heavy atom. The Hall–Kier alpha value is -3.23. The molecule has 0 bridgehead atoms. The van der Waals surface area contributed by atoms with Crippen molar-refractivity contribution in [1.29, 1.82) is 0 Å². The molecule has 0 saturated heterocycles. The topological polar surface area (TPSA) is 76.4 Å². The van der Waals surface area contributed by atoms with E-state index in [9.17, 15) is 4.79 Å². The van der Waals surface area contributed by atoms with Gasteiger partial charge in [0.25, 0.3) is 5.91 Å². The molecule has 4 rings (SSSR count). The predicted molar refractivity (Wildman–Crippen MR) is 143 cm³/mol. The summed E-state index contributed by atoms with van der Waals surface area (Å²) in [5.74, 6) is 1.36. The molecule has 1 heterocycles. The zero-order valence-electron chi connectivity index (χ0n) is 19.0. The van der Waals surface area contributed by atoms with E-state index in [4.69, 9.17) is 21.4 Å². The summed E-state index contributed by atoms with van der Waals surface area (Å²) in [5, 5.41) is 5.90. The smallest absolute Gasteiger partial charge is 0.257 e. The third-order valence-electron chi connectivity index (χ3n) is 5.62. The number of nitrogens with zero attached hydrogens (tertiary/aromatic N) is 1. The highest BCUT2D eigenvalue weighted by atomic mass is 79.9. The molecule has 4 aromatic rings. The van der Waals surface area contributed by atoms with Crippen LogP contribution in [0.5, 0.6) is 5.75 Å². The molecule has 2 N–H and O–H groups in total. The predicted octanol–water partition coefficient (Wildman–Crippen LogP) is 6.91. The maximum Gasteiger partial charge on any atom is 0.257 e. The first-order valence-electron chi connectivity index (χ1n) is 10.8. The van der Waals surface area contributed by atoms with Gasteiger partial charge in [-0.25, -0.2) is 4.98 Å². The van der Waals surface area contributed by atoms with Crippen LogP contribution in [0.4, 0.5) is 5.69 Å². The van der Waals surface area contributed by atoms with E-state index in [1.54, 1.807) is 25.3 Å². The van der Waals surface area contributed by atoms with Gasteiger partial charge in [0, 0.05) is 16.8 Å². The van der Waals surface area contributed by atoms with E-state index in [0.717, 1.165) is 28.8 Å². The SMILES string of the molecule is CCC(C)c1ccc2oc(-c3ccc(NC(=S)NC(=O)c4ccc(OC)c(Br)c4)cc3)nc2c1. The number of carbonyl (C=O) groups excluding carboxylic acids is 1. The third-order valence-corrected chi connectivity index (χ3v) is 6.45. The summed E-state index contributed by atoms with van der Waals surface area (Å²) in [6.45, 7) is 4.38. The van der Waals surface area contributed by atoms with Gasteiger partial charge in [-0.3, -0.25) is 10.1 Å². The van der Waals surface area contributed by atoms with Gasteiger partial charge in [-0.05, 0) is 101 Å². The van der Waals surface area contributed by atoms with Crippen molar-refractivity contribution in [1.82, 2.24) is 10.3 Å². The van der Waals surface area contributed by atoms with Crippen LogP contribution in [0.1, 0.15) is 42.1 Å². The number of aromatic nitrogens is 1. The van der Waals surface area contributed by atoms with E-state index in [2.05, 4.69) is 57.5 Å². The summed E-state index contributed by atoms with van der Waals surface area (Å²) in [5.41, 5.74) is 4.92. The van der Waals surface area contributed by atoms with Crippen molar-refractivity contribution < 1.29 is 13.9 Å². The summed E-state index contributed by atoms with van der Waals surface area (Å²) in [7, 11) is 1.57. The Kier molecular flexibility index (Phi) is 7.29. The summed E-state index contributed by atoms with van der Waals surface area (Å²) in [4.78, 5) is 17.1. The Bertz CT molecular complexity index is 1350. The molecule has 6 nitrogen and oxygen atoms in total. The Morgan fingerprint density at radius 1 is 1.15 bits per heavy atom. The number of methoxy groups -OCH3 is 1. The molecule has 1 amide bonds. The second kappa shape index (κ2) is 10.4. The number of carbonyl (C=O) groups is 1. The molecular weight excluding hydrogens is 514 g/mol. The van der Waals surface area contributed by atoms with Crippen LogP contribution in [-0.2, 0) is 0 Å². The number of ether oxygens (including phenoxy) is 1. The van der Waals surface area contributed by atoms with Crippen LogP contribution in [0.2, 0.25) is 0 Å². The molecule has 0 aliphatic rings. The summed E-state index contributed by atoms with van der Waals surface area (Å²) in [6, 6.07) is 18.7. The molecule has 1 aromatic heterocycles. The fourth-order valence-corrected chi connectivity index (χ4v) is 4.20. The minimum Gasteiger partial charge on any atom is -0.496 e. The minimum atomic E-state index is -0.319. The number of halogens is 1. The number of oxazole rings is 1. The zero-order valence-corrected chi connectivity index (χ0v) is 21.4.